The summed E-state index contributed by atoms with van der Waals surface area (Å²) in [6, 6.07) is 14.4. The third-order valence-electron chi connectivity index (χ3n) is 6.65. The quantitative estimate of drug-likeness (QED) is 0.294. The zero-order valence-corrected chi connectivity index (χ0v) is 19.7. The number of benzene rings is 4. The van der Waals surface area contributed by atoms with Crippen molar-refractivity contribution in [3.05, 3.63) is 59.9 Å². The molecular formula is C28H24N2O4. The standard InChI is InChI=1S/C28H24N2O4/c1-14-7-6-8-17-16(14)9-10-18-24(17)26-25(23-15(2)13-34-27(18)23)29-28(30-26)19-11-21(32-4)22(33-5)12-20(19)31-3/h6-13H,1-5H3,(H,29,30). The van der Waals surface area contributed by atoms with Gasteiger partial charge in [0.25, 0.3) is 0 Å². The normalized spacial score (nSPS) is 11.7. The van der Waals surface area contributed by atoms with Gasteiger partial charge in [-0.05, 0) is 47.9 Å². The predicted octanol–water partition coefficient (Wildman–Crippen LogP) is 6.93. The molecule has 0 saturated carbocycles. The van der Waals surface area contributed by atoms with Crippen molar-refractivity contribution >= 4 is 43.5 Å². The number of nitrogens with one attached hydrogen (secondary N) is 1. The number of ether oxygens (including phenoxy) is 3. The van der Waals surface area contributed by atoms with Crippen LogP contribution in [0.25, 0.3) is 54.9 Å². The van der Waals surface area contributed by atoms with Gasteiger partial charge in [0.1, 0.15) is 17.2 Å². The van der Waals surface area contributed by atoms with Crippen LogP contribution in [-0.4, -0.2) is 31.3 Å². The van der Waals surface area contributed by atoms with Crippen LogP contribution in [0.3, 0.4) is 0 Å². The van der Waals surface area contributed by atoms with E-state index in [4.69, 9.17) is 23.6 Å². The van der Waals surface area contributed by atoms with E-state index in [1.165, 1.54) is 10.9 Å². The minimum absolute atomic E-state index is 0.596. The lowest BCUT2D eigenvalue weighted by Crippen LogP contribution is -1.95. The highest BCUT2D eigenvalue weighted by Crippen LogP contribution is 2.44. The van der Waals surface area contributed by atoms with Crippen LogP contribution in [0.2, 0.25) is 0 Å². The average Bonchev–Trinajstić information content (AvgIpc) is 3.47. The van der Waals surface area contributed by atoms with Gasteiger partial charge in [0.15, 0.2) is 11.5 Å². The number of aryl methyl sites for hydroxylation is 2. The molecule has 170 valence electrons. The number of rotatable bonds is 4. The van der Waals surface area contributed by atoms with Crippen LogP contribution < -0.4 is 14.2 Å². The molecule has 2 heterocycles. The summed E-state index contributed by atoms with van der Waals surface area (Å²) in [6.45, 7) is 4.19. The first-order chi connectivity index (χ1) is 16.5. The summed E-state index contributed by atoms with van der Waals surface area (Å²) in [5.74, 6) is 2.53. The van der Waals surface area contributed by atoms with Gasteiger partial charge in [-0.25, -0.2) is 4.98 Å². The zero-order valence-electron chi connectivity index (χ0n) is 19.7. The Bertz CT molecular complexity index is 1740. The Hall–Kier alpha value is -4.19. The summed E-state index contributed by atoms with van der Waals surface area (Å²) in [5.41, 5.74) is 5.76. The molecule has 0 saturated heterocycles. The lowest BCUT2D eigenvalue weighted by molar-refractivity contribution is 0.349. The van der Waals surface area contributed by atoms with Crippen LogP contribution in [0, 0.1) is 13.8 Å². The molecule has 0 amide bonds. The van der Waals surface area contributed by atoms with Crippen LogP contribution in [0.4, 0.5) is 0 Å². The maximum absolute atomic E-state index is 6.07. The number of furan rings is 1. The number of H-pyrrole nitrogens is 1. The van der Waals surface area contributed by atoms with E-state index in [1.54, 1.807) is 21.3 Å². The fourth-order valence-electron chi connectivity index (χ4n) is 4.99. The van der Waals surface area contributed by atoms with Gasteiger partial charge in [-0.3, -0.25) is 0 Å². The highest BCUT2D eigenvalue weighted by Gasteiger charge is 2.22. The molecule has 6 nitrogen and oxygen atoms in total. The van der Waals surface area contributed by atoms with Crippen molar-refractivity contribution in [1.29, 1.82) is 0 Å². The molecule has 0 bridgehead atoms. The van der Waals surface area contributed by atoms with Crippen molar-refractivity contribution < 1.29 is 18.6 Å². The first-order valence-corrected chi connectivity index (χ1v) is 11.1. The lowest BCUT2D eigenvalue weighted by atomic mass is 9.96. The van der Waals surface area contributed by atoms with Gasteiger partial charge >= 0.3 is 0 Å². The second-order valence-electron chi connectivity index (χ2n) is 8.50. The second-order valence-corrected chi connectivity index (χ2v) is 8.50. The molecular weight excluding hydrogens is 428 g/mol. The summed E-state index contributed by atoms with van der Waals surface area (Å²) >= 11 is 0. The molecule has 0 aliphatic heterocycles. The molecule has 6 rings (SSSR count). The van der Waals surface area contributed by atoms with Crippen molar-refractivity contribution in [2.75, 3.05) is 21.3 Å². The molecule has 0 atom stereocenters. The van der Waals surface area contributed by atoms with Crippen molar-refractivity contribution in [3.63, 3.8) is 0 Å². The Morgan fingerprint density at radius 3 is 2.26 bits per heavy atom. The van der Waals surface area contributed by atoms with Crippen molar-refractivity contribution in [3.8, 4) is 28.6 Å². The zero-order chi connectivity index (χ0) is 23.6. The van der Waals surface area contributed by atoms with Crippen molar-refractivity contribution in [1.82, 2.24) is 9.97 Å². The van der Waals surface area contributed by atoms with Crippen molar-refractivity contribution in [2.45, 2.75) is 13.8 Å². The Balaban J connectivity index is 1.78. The Morgan fingerprint density at radius 1 is 0.765 bits per heavy atom. The summed E-state index contributed by atoms with van der Waals surface area (Å²) in [5, 5.41) is 5.50. The number of fused-ring (bicyclic) bond motifs is 8. The smallest absolute Gasteiger partial charge is 0.164 e. The van der Waals surface area contributed by atoms with Gasteiger partial charge in [0, 0.05) is 22.2 Å². The van der Waals surface area contributed by atoms with Crippen molar-refractivity contribution in [2.24, 2.45) is 0 Å². The molecule has 6 aromatic rings. The number of imidazole rings is 1. The number of methoxy groups -OCH3 is 3. The maximum Gasteiger partial charge on any atom is 0.164 e. The molecule has 0 aliphatic carbocycles. The Kier molecular flexibility index (Phi) is 4.45. The minimum Gasteiger partial charge on any atom is -0.496 e. The molecule has 0 aliphatic rings. The number of aromatic nitrogens is 2. The average molecular weight is 453 g/mol. The summed E-state index contributed by atoms with van der Waals surface area (Å²) < 4.78 is 22.8. The fraction of sp³-hybridized carbons (Fsp3) is 0.179. The van der Waals surface area contributed by atoms with E-state index in [-0.39, 0.29) is 0 Å². The molecule has 34 heavy (non-hydrogen) atoms. The molecule has 2 aromatic heterocycles. The summed E-state index contributed by atoms with van der Waals surface area (Å²) in [7, 11) is 4.86. The van der Waals surface area contributed by atoms with E-state index in [1.807, 2.05) is 18.4 Å². The molecule has 0 radical (unpaired) electrons. The number of aromatic amines is 1. The van der Waals surface area contributed by atoms with E-state index in [2.05, 4.69) is 49.2 Å². The van der Waals surface area contributed by atoms with Crippen LogP contribution in [0.1, 0.15) is 11.1 Å². The largest absolute Gasteiger partial charge is 0.496 e. The highest BCUT2D eigenvalue weighted by molar-refractivity contribution is 6.29. The molecule has 4 aromatic carbocycles. The van der Waals surface area contributed by atoms with Crippen LogP contribution in [-0.2, 0) is 0 Å². The number of nitrogens with zero attached hydrogens (tertiary/aromatic N) is 1. The third kappa shape index (κ3) is 2.71. The SMILES string of the molecule is COc1cc(OC)c(-c2nc3c([nH]2)c2c(C)coc2c2ccc4c(C)cccc4c23)cc1OC. The van der Waals surface area contributed by atoms with E-state index in [0.717, 1.165) is 49.3 Å². The Labute approximate surface area is 196 Å². The Morgan fingerprint density at radius 2 is 1.50 bits per heavy atom. The van der Waals surface area contributed by atoms with E-state index in [0.29, 0.717) is 23.1 Å². The van der Waals surface area contributed by atoms with E-state index in [9.17, 15) is 0 Å². The fourth-order valence-corrected chi connectivity index (χ4v) is 4.99. The van der Waals surface area contributed by atoms with Gasteiger partial charge in [-0.1, -0.05) is 24.3 Å². The van der Waals surface area contributed by atoms with Gasteiger partial charge < -0.3 is 23.6 Å². The number of hydrogen-bond acceptors (Lipinski definition) is 5. The highest BCUT2D eigenvalue weighted by atomic mass is 16.5. The monoisotopic (exact) mass is 452 g/mol. The second kappa shape index (κ2) is 7.42. The lowest BCUT2D eigenvalue weighted by Gasteiger charge is -2.12. The first kappa shape index (κ1) is 20.4. The maximum atomic E-state index is 6.07. The van der Waals surface area contributed by atoms with Gasteiger partial charge in [0.05, 0.1) is 44.2 Å². The van der Waals surface area contributed by atoms with E-state index >= 15 is 0 Å². The van der Waals surface area contributed by atoms with Crippen LogP contribution in [0.5, 0.6) is 17.2 Å². The predicted molar refractivity (Wildman–Crippen MR) is 135 cm³/mol. The molecule has 0 spiro atoms. The van der Waals surface area contributed by atoms with Crippen LogP contribution in [0.15, 0.2) is 53.1 Å². The molecule has 0 fully saturated rings. The van der Waals surface area contributed by atoms with E-state index < -0.39 is 0 Å². The van der Waals surface area contributed by atoms with Gasteiger partial charge in [-0.2, -0.15) is 0 Å². The van der Waals surface area contributed by atoms with Crippen LogP contribution >= 0.6 is 0 Å². The summed E-state index contributed by atoms with van der Waals surface area (Å²) in [4.78, 5) is 8.70. The summed E-state index contributed by atoms with van der Waals surface area (Å²) in [6.07, 6.45) is 1.81. The molecule has 0 unspecified atom stereocenters. The minimum atomic E-state index is 0.596. The topological polar surface area (TPSA) is 69.5 Å². The van der Waals surface area contributed by atoms with Gasteiger partial charge in [-0.15, -0.1) is 0 Å². The first-order valence-electron chi connectivity index (χ1n) is 11.1. The third-order valence-corrected chi connectivity index (χ3v) is 6.65. The molecule has 1 N–H and O–H groups in total. The number of hydrogen-bond donors (Lipinski definition) is 1. The molecule has 6 heteroatoms. The van der Waals surface area contributed by atoms with Gasteiger partial charge in [0.2, 0.25) is 0 Å².